The molecular weight excluding hydrogens is 264 g/mol. The van der Waals surface area contributed by atoms with Crippen LogP contribution in [0.3, 0.4) is 0 Å². The Bertz CT molecular complexity index is 802. The maximum absolute atomic E-state index is 5.35. The molecule has 0 bridgehead atoms. The molecule has 0 fully saturated rings. The number of aromatic nitrogens is 3. The molecule has 5 heteroatoms. The van der Waals surface area contributed by atoms with E-state index in [4.69, 9.17) is 4.74 Å². The zero-order chi connectivity index (χ0) is 14.4. The first-order valence-corrected chi connectivity index (χ1v) is 7.16. The third kappa shape index (κ3) is 1.93. The van der Waals surface area contributed by atoms with Gasteiger partial charge in [-0.05, 0) is 30.2 Å². The van der Waals surface area contributed by atoms with Crippen LogP contribution < -0.4 is 10.1 Å². The van der Waals surface area contributed by atoms with Gasteiger partial charge >= 0.3 is 0 Å². The fraction of sp³-hybridized carbons (Fsp3) is 0.312. The highest BCUT2D eigenvalue weighted by atomic mass is 16.5. The van der Waals surface area contributed by atoms with Crippen LogP contribution in [0.2, 0.25) is 0 Å². The molecule has 21 heavy (non-hydrogen) atoms. The molecule has 1 atom stereocenters. The Morgan fingerprint density at radius 3 is 3.05 bits per heavy atom. The largest absolute Gasteiger partial charge is 0.497 e. The van der Waals surface area contributed by atoms with Crippen molar-refractivity contribution >= 4 is 10.9 Å². The van der Waals surface area contributed by atoms with E-state index < -0.39 is 0 Å². The second kappa shape index (κ2) is 4.63. The topological polar surface area (TPSA) is 54.9 Å². The summed E-state index contributed by atoms with van der Waals surface area (Å²) in [6, 6.07) is 6.39. The lowest BCUT2D eigenvalue weighted by molar-refractivity contribution is 0.415. The predicted octanol–water partition coefficient (Wildman–Crippen LogP) is 2.15. The Morgan fingerprint density at radius 1 is 1.38 bits per heavy atom. The van der Waals surface area contributed by atoms with Gasteiger partial charge in [0.05, 0.1) is 19.3 Å². The van der Waals surface area contributed by atoms with Gasteiger partial charge in [0, 0.05) is 41.9 Å². The Hall–Kier alpha value is -2.27. The number of methoxy groups -OCH3 is 1. The average Bonchev–Trinajstić information content (AvgIpc) is 3.09. The number of hydrogen-bond acceptors (Lipinski definition) is 3. The summed E-state index contributed by atoms with van der Waals surface area (Å²) in [4.78, 5) is 3.57. The van der Waals surface area contributed by atoms with E-state index in [2.05, 4.69) is 33.7 Å². The minimum absolute atomic E-state index is 0.181. The molecule has 3 aromatic rings. The molecule has 0 saturated carbocycles. The van der Waals surface area contributed by atoms with Crippen molar-refractivity contribution in [2.75, 3.05) is 13.7 Å². The standard InChI is InChI=1S/C16H18N4O/c1-20-9-10(8-18-20)15-16-12(5-6-17-15)13-7-11(21-2)3-4-14(13)19-16/h3-4,7-9,15,17,19H,5-6H2,1-2H3/t15-/m1/s1. The molecule has 2 aromatic heterocycles. The van der Waals surface area contributed by atoms with Crippen LogP contribution in [-0.4, -0.2) is 28.4 Å². The summed E-state index contributed by atoms with van der Waals surface area (Å²) < 4.78 is 7.20. The third-order valence-electron chi connectivity index (χ3n) is 4.22. The van der Waals surface area contributed by atoms with Gasteiger partial charge in [-0.15, -0.1) is 0 Å². The summed E-state index contributed by atoms with van der Waals surface area (Å²) in [6.45, 7) is 0.969. The molecular formula is C16H18N4O. The van der Waals surface area contributed by atoms with Gasteiger partial charge in [0.2, 0.25) is 0 Å². The number of aryl methyl sites for hydroxylation is 1. The molecule has 0 unspecified atom stereocenters. The fourth-order valence-electron chi connectivity index (χ4n) is 3.21. The normalized spacial score (nSPS) is 17.9. The van der Waals surface area contributed by atoms with Crippen LogP contribution in [0.25, 0.3) is 10.9 Å². The zero-order valence-corrected chi connectivity index (χ0v) is 12.2. The van der Waals surface area contributed by atoms with Gasteiger partial charge in [-0.3, -0.25) is 4.68 Å². The summed E-state index contributed by atoms with van der Waals surface area (Å²) in [5, 5.41) is 9.13. The predicted molar refractivity (Wildman–Crippen MR) is 81.6 cm³/mol. The monoisotopic (exact) mass is 282 g/mol. The minimum Gasteiger partial charge on any atom is -0.497 e. The van der Waals surface area contributed by atoms with Crippen molar-refractivity contribution in [2.24, 2.45) is 7.05 Å². The number of nitrogens with one attached hydrogen (secondary N) is 2. The molecule has 0 aliphatic carbocycles. The van der Waals surface area contributed by atoms with Crippen LogP contribution in [-0.2, 0) is 13.5 Å². The Labute approximate surface area is 122 Å². The molecule has 0 radical (unpaired) electrons. The summed E-state index contributed by atoms with van der Waals surface area (Å²) in [5.74, 6) is 0.903. The van der Waals surface area contributed by atoms with Crippen molar-refractivity contribution in [3.63, 3.8) is 0 Å². The van der Waals surface area contributed by atoms with Crippen LogP contribution in [0.5, 0.6) is 5.75 Å². The SMILES string of the molecule is COc1ccc2[nH]c3c(c2c1)CCN[C@@H]3c1cnn(C)c1. The van der Waals surface area contributed by atoms with Gasteiger partial charge in [-0.1, -0.05) is 0 Å². The maximum Gasteiger partial charge on any atom is 0.119 e. The van der Waals surface area contributed by atoms with Crippen molar-refractivity contribution in [1.82, 2.24) is 20.1 Å². The highest BCUT2D eigenvalue weighted by molar-refractivity contribution is 5.86. The molecule has 3 heterocycles. The van der Waals surface area contributed by atoms with Crippen LogP contribution >= 0.6 is 0 Å². The van der Waals surface area contributed by atoms with Crippen LogP contribution in [0.4, 0.5) is 0 Å². The molecule has 2 N–H and O–H groups in total. The van der Waals surface area contributed by atoms with E-state index in [-0.39, 0.29) is 6.04 Å². The van der Waals surface area contributed by atoms with E-state index in [1.165, 1.54) is 27.7 Å². The number of benzene rings is 1. The number of rotatable bonds is 2. The van der Waals surface area contributed by atoms with Gasteiger partial charge in [0.25, 0.3) is 0 Å². The van der Waals surface area contributed by atoms with E-state index in [0.29, 0.717) is 0 Å². The van der Waals surface area contributed by atoms with Gasteiger partial charge in [-0.2, -0.15) is 5.10 Å². The molecule has 0 spiro atoms. The molecule has 5 nitrogen and oxygen atoms in total. The van der Waals surface area contributed by atoms with Crippen LogP contribution in [0.15, 0.2) is 30.6 Å². The van der Waals surface area contributed by atoms with Gasteiger partial charge in [0.15, 0.2) is 0 Å². The number of hydrogen-bond donors (Lipinski definition) is 2. The molecule has 1 aliphatic heterocycles. The van der Waals surface area contributed by atoms with E-state index in [0.717, 1.165) is 18.7 Å². The fourth-order valence-corrected chi connectivity index (χ4v) is 3.21. The average molecular weight is 282 g/mol. The van der Waals surface area contributed by atoms with Gasteiger partial charge in [0.1, 0.15) is 5.75 Å². The Morgan fingerprint density at radius 2 is 2.29 bits per heavy atom. The number of H-pyrrole nitrogens is 1. The summed E-state index contributed by atoms with van der Waals surface area (Å²) >= 11 is 0. The summed E-state index contributed by atoms with van der Waals surface area (Å²) in [6.07, 6.45) is 5.02. The number of aromatic amines is 1. The molecule has 0 saturated heterocycles. The van der Waals surface area contributed by atoms with E-state index in [1.807, 2.05) is 24.0 Å². The zero-order valence-electron chi connectivity index (χ0n) is 12.2. The molecule has 0 amide bonds. The van der Waals surface area contributed by atoms with Gasteiger partial charge < -0.3 is 15.0 Å². The minimum atomic E-state index is 0.181. The van der Waals surface area contributed by atoms with E-state index in [9.17, 15) is 0 Å². The number of ether oxygens (including phenoxy) is 1. The highest BCUT2D eigenvalue weighted by Gasteiger charge is 2.26. The number of nitrogens with zero attached hydrogens (tertiary/aromatic N) is 2. The van der Waals surface area contributed by atoms with Crippen LogP contribution in [0.1, 0.15) is 22.9 Å². The lowest BCUT2D eigenvalue weighted by atomic mass is 9.96. The molecule has 4 rings (SSSR count). The lowest BCUT2D eigenvalue weighted by Crippen LogP contribution is -2.30. The molecule has 108 valence electrons. The third-order valence-corrected chi connectivity index (χ3v) is 4.22. The molecule has 1 aromatic carbocycles. The lowest BCUT2D eigenvalue weighted by Gasteiger charge is -2.23. The second-order valence-electron chi connectivity index (χ2n) is 5.51. The van der Waals surface area contributed by atoms with Gasteiger partial charge in [-0.25, -0.2) is 0 Å². The van der Waals surface area contributed by atoms with E-state index >= 15 is 0 Å². The Kier molecular flexibility index (Phi) is 2.75. The van der Waals surface area contributed by atoms with Crippen LogP contribution in [0, 0.1) is 0 Å². The Balaban J connectivity index is 1.88. The number of fused-ring (bicyclic) bond motifs is 3. The van der Waals surface area contributed by atoms with Crippen molar-refractivity contribution < 1.29 is 4.74 Å². The van der Waals surface area contributed by atoms with E-state index in [1.54, 1.807) is 7.11 Å². The van der Waals surface area contributed by atoms with Crippen molar-refractivity contribution in [3.05, 3.63) is 47.4 Å². The first-order valence-electron chi connectivity index (χ1n) is 7.16. The quantitative estimate of drug-likeness (QED) is 0.757. The second-order valence-corrected chi connectivity index (χ2v) is 5.51. The van der Waals surface area contributed by atoms with Crippen molar-refractivity contribution in [2.45, 2.75) is 12.5 Å². The maximum atomic E-state index is 5.35. The first kappa shape index (κ1) is 12.5. The summed E-state index contributed by atoms with van der Waals surface area (Å²) in [7, 11) is 3.66. The first-order chi connectivity index (χ1) is 10.3. The summed E-state index contributed by atoms with van der Waals surface area (Å²) in [5.41, 5.74) is 4.99. The molecule has 1 aliphatic rings. The highest BCUT2D eigenvalue weighted by Crippen LogP contribution is 2.34. The van der Waals surface area contributed by atoms with Crippen molar-refractivity contribution in [1.29, 1.82) is 0 Å². The van der Waals surface area contributed by atoms with Crippen molar-refractivity contribution in [3.8, 4) is 5.75 Å². The smallest absolute Gasteiger partial charge is 0.119 e.